The molecule has 0 radical (unpaired) electrons. The minimum absolute atomic E-state index is 0.127. The first kappa shape index (κ1) is 14.8. The molecule has 1 aliphatic heterocycles. The van der Waals surface area contributed by atoms with E-state index in [1.165, 1.54) is 6.08 Å². The van der Waals surface area contributed by atoms with Crippen molar-refractivity contribution in [3.8, 4) is 0 Å². The molecule has 5 nitrogen and oxygen atoms in total. The summed E-state index contributed by atoms with van der Waals surface area (Å²) in [5, 5.41) is 10.6. The molecule has 116 valence electrons. The van der Waals surface area contributed by atoms with Crippen LogP contribution >= 0.6 is 0 Å². The minimum Gasteiger partial charge on any atom is -0.463 e. The van der Waals surface area contributed by atoms with Gasteiger partial charge in [-0.05, 0) is 20.3 Å². The van der Waals surface area contributed by atoms with Crippen LogP contribution in [0.2, 0.25) is 0 Å². The molecule has 3 rings (SSSR count). The summed E-state index contributed by atoms with van der Waals surface area (Å²) >= 11 is 0. The van der Waals surface area contributed by atoms with Gasteiger partial charge in [0.1, 0.15) is 0 Å². The second-order valence-electron chi connectivity index (χ2n) is 6.21. The molecule has 0 aromatic heterocycles. The highest BCUT2D eigenvalue weighted by Gasteiger charge is 2.67. The average molecular weight is 294 g/mol. The Kier molecular flexibility index (Phi) is 3.47. The van der Waals surface area contributed by atoms with Crippen molar-refractivity contribution in [3.63, 3.8) is 0 Å². The van der Waals surface area contributed by atoms with Gasteiger partial charge in [-0.25, -0.2) is 4.79 Å². The van der Waals surface area contributed by atoms with E-state index in [4.69, 9.17) is 14.2 Å². The van der Waals surface area contributed by atoms with Crippen LogP contribution in [0.4, 0.5) is 0 Å². The first-order valence-electron chi connectivity index (χ1n) is 7.40. The van der Waals surface area contributed by atoms with E-state index in [1.807, 2.05) is 6.92 Å². The Morgan fingerprint density at radius 2 is 2.38 bits per heavy atom. The quantitative estimate of drug-likeness (QED) is 0.486. The lowest BCUT2D eigenvalue weighted by Crippen LogP contribution is -2.45. The minimum atomic E-state index is -0.769. The molecular weight excluding hydrogens is 272 g/mol. The van der Waals surface area contributed by atoms with Crippen molar-refractivity contribution in [2.75, 3.05) is 20.3 Å². The Hall–Kier alpha value is -1.17. The topological polar surface area (TPSA) is 65.0 Å². The van der Waals surface area contributed by atoms with Crippen LogP contribution in [0.25, 0.3) is 0 Å². The third kappa shape index (κ3) is 1.99. The molecule has 21 heavy (non-hydrogen) atoms. The summed E-state index contributed by atoms with van der Waals surface area (Å²) < 4.78 is 16.7. The molecule has 2 bridgehead atoms. The molecule has 1 heterocycles. The molecular formula is C16H22O5. The molecule has 4 atom stereocenters. The fourth-order valence-electron chi connectivity index (χ4n) is 4.27. The third-order valence-corrected chi connectivity index (χ3v) is 4.94. The van der Waals surface area contributed by atoms with E-state index in [9.17, 15) is 9.90 Å². The summed E-state index contributed by atoms with van der Waals surface area (Å²) in [7, 11) is 1.63. The first-order chi connectivity index (χ1) is 9.97. The Balaban J connectivity index is 2.04. The van der Waals surface area contributed by atoms with E-state index in [0.717, 1.165) is 11.1 Å². The number of carbonyl (C=O) groups excluding carboxylic acids is 1. The van der Waals surface area contributed by atoms with Crippen LogP contribution in [0, 0.1) is 11.3 Å². The van der Waals surface area contributed by atoms with Gasteiger partial charge in [0.05, 0.1) is 24.7 Å². The summed E-state index contributed by atoms with van der Waals surface area (Å²) in [5.41, 5.74) is 1.54. The number of aliphatic hydroxyl groups is 1. The number of ether oxygens (including phenoxy) is 3. The van der Waals surface area contributed by atoms with E-state index < -0.39 is 17.3 Å². The van der Waals surface area contributed by atoms with E-state index >= 15 is 0 Å². The number of rotatable bonds is 3. The van der Waals surface area contributed by atoms with E-state index in [-0.39, 0.29) is 11.9 Å². The molecule has 0 aromatic carbocycles. The molecule has 5 heteroatoms. The van der Waals surface area contributed by atoms with Gasteiger partial charge in [-0.2, -0.15) is 0 Å². The summed E-state index contributed by atoms with van der Waals surface area (Å²) in [4.78, 5) is 11.8. The Morgan fingerprint density at radius 3 is 3.05 bits per heavy atom. The zero-order valence-corrected chi connectivity index (χ0v) is 12.7. The number of aliphatic hydroxyl groups excluding tert-OH is 1. The van der Waals surface area contributed by atoms with Crippen LogP contribution in [0.1, 0.15) is 26.7 Å². The fraction of sp³-hybridized carbons (Fsp3) is 0.688. The smallest absolute Gasteiger partial charge is 0.330 e. The van der Waals surface area contributed by atoms with Crippen LogP contribution in [0.5, 0.6) is 0 Å². The van der Waals surface area contributed by atoms with Crippen molar-refractivity contribution in [1.82, 2.24) is 0 Å². The number of esters is 1. The summed E-state index contributed by atoms with van der Waals surface area (Å²) in [6, 6.07) is 0. The van der Waals surface area contributed by atoms with Crippen LogP contribution in [0.3, 0.4) is 0 Å². The molecule has 1 saturated carbocycles. The normalized spacial score (nSPS) is 42.9. The summed E-state index contributed by atoms with van der Waals surface area (Å²) in [6.45, 7) is 4.56. The van der Waals surface area contributed by atoms with Gasteiger partial charge in [0.2, 0.25) is 0 Å². The largest absolute Gasteiger partial charge is 0.463 e. The van der Waals surface area contributed by atoms with Crippen molar-refractivity contribution in [3.05, 3.63) is 23.3 Å². The van der Waals surface area contributed by atoms with Gasteiger partial charge in [0.25, 0.3) is 0 Å². The lowest BCUT2D eigenvalue weighted by atomic mass is 9.68. The molecule has 0 spiro atoms. The van der Waals surface area contributed by atoms with Crippen molar-refractivity contribution in [2.24, 2.45) is 11.3 Å². The molecule has 3 aliphatic rings. The molecule has 2 fully saturated rings. The van der Waals surface area contributed by atoms with Gasteiger partial charge in [0.15, 0.2) is 5.79 Å². The van der Waals surface area contributed by atoms with Gasteiger partial charge in [-0.1, -0.05) is 17.2 Å². The molecule has 1 saturated heterocycles. The van der Waals surface area contributed by atoms with Gasteiger partial charge in [0, 0.05) is 25.5 Å². The molecule has 0 amide bonds. The predicted molar refractivity (Wildman–Crippen MR) is 75.3 cm³/mol. The standard InChI is InChI=1S/C16H22O5/c1-4-20-13(18)6-11-5-12(17)15-7-10(2)8-16(19-3,14(11)15)21-9-15/h6-7,12,14,17H,4-5,8-9H2,1-3H3/b11-6+/t12-,14-,15+,16+/m1/s1. The van der Waals surface area contributed by atoms with Gasteiger partial charge >= 0.3 is 5.97 Å². The first-order valence-corrected chi connectivity index (χ1v) is 7.40. The van der Waals surface area contributed by atoms with Crippen LogP contribution < -0.4 is 0 Å². The number of hydrogen-bond donors (Lipinski definition) is 1. The predicted octanol–water partition coefficient (Wildman–Crippen LogP) is 1.57. The number of carbonyl (C=O) groups is 1. The van der Waals surface area contributed by atoms with Crippen LogP contribution in [0.15, 0.2) is 23.3 Å². The highest BCUT2D eigenvalue weighted by Crippen LogP contribution is 2.63. The molecule has 0 unspecified atom stereocenters. The Bertz CT molecular complexity index is 523. The second-order valence-corrected chi connectivity index (χ2v) is 6.21. The molecule has 2 aliphatic carbocycles. The number of hydrogen-bond acceptors (Lipinski definition) is 5. The highest BCUT2D eigenvalue weighted by molar-refractivity contribution is 5.83. The van der Waals surface area contributed by atoms with Crippen LogP contribution in [-0.2, 0) is 19.0 Å². The maximum Gasteiger partial charge on any atom is 0.330 e. The van der Waals surface area contributed by atoms with Gasteiger partial charge in [-0.3, -0.25) is 0 Å². The van der Waals surface area contributed by atoms with E-state index in [1.54, 1.807) is 14.0 Å². The molecule has 0 aromatic rings. The van der Waals surface area contributed by atoms with Crippen molar-refractivity contribution < 1.29 is 24.1 Å². The summed E-state index contributed by atoms with van der Waals surface area (Å²) in [5.74, 6) is -1.26. The van der Waals surface area contributed by atoms with E-state index in [2.05, 4.69) is 6.08 Å². The highest BCUT2D eigenvalue weighted by atomic mass is 16.7. The monoisotopic (exact) mass is 294 g/mol. The van der Waals surface area contributed by atoms with Crippen molar-refractivity contribution in [1.29, 1.82) is 0 Å². The lowest BCUT2D eigenvalue weighted by Gasteiger charge is -2.40. The molecule has 1 N–H and O–H groups in total. The second kappa shape index (κ2) is 4.93. The maximum absolute atomic E-state index is 11.8. The zero-order chi connectivity index (χ0) is 15.3. The fourth-order valence-corrected chi connectivity index (χ4v) is 4.27. The van der Waals surface area contributed by atoms with Crippen LogP contribution in [-0.4, -0.2) is 43.3 Å². The third-order valence-electron chi connectivity index (χ3n) is 4.94. The lowest BCUT2D eigenvalue weighted by molar-refractivity contribution is -0.209. The SMILES string of the molecule is CCOC(=O)/C=C1\C[C@@H](O)[C@]23C=C(C)C[C@](OC)(OC2)[C@H]13. The Morgan fingerprint density at radius 1 is 1.62 bits per heavy atom. The summed E-state index contributed by atoms with van der Waals surface area (Å²) in [6.07, 6.45) is 4.18. The Labute approximate surface area is 124 Å². The van der Waals surface area contributed by atoms with Gasteiger partial charge < -0.3 is 19.3 Å². The van der Waals surface area contributed by atoms with Crippen molar-refractivity contribution >= 4 is 5.97 Å². The van der Waals surface area contributed by atoms with Crippen molar-refractivity contribution in [2.45, 2.75) is 38.6 Å². The average Bonchev–Trinajstić information content (AvgIpc) is 2.81. The van der Waals surface area contributed by atoms with Gasteiger partial charge in [-0.15, -0.1) is 0 Å². The van der Waals surface area contributed by atoms with E-state index in [0.29, 0.717) is 26.1 Å². The number of methoxy groups -OCH3 is 1. The maximum atomic E-state index is 11.8. The zero-order valence-electron chi connectivity index (χ0n) is 12.7.